The molecule has 6 aromatic heterocycles. The number of hydrogen-bond donors (Lipinski definition) is 0. The van der Waals surface area contributed by atoms with Crippen LogP contribution in [0.15, 0.2) is 365 Å². The lowest BCUT2D eigenvalue weighted by Crippen LogP contribution is -1.96. The van der Waals surface area contributed by atoms with E-state index in [4.69, 9.17) is 43.2 Å². The molecule has 0 aliphatic rings. The molecule has 0 radical (unpaired) electrons. The van der Waals surface area contributed by atoms with Crippen molar-refractivity contribution in [3.63, 3.8) is 0 Å². The Kier molecular flexibility index (Phi) is 14.4. The monoisotopic (exact) mass is 1370 g/mol. The minimum atomic E-state index is 0.722. The zero-order valence-electron chi connectivity index (χ0n) is 57.4. The Bertz CT molecular complexity index is 7520. The first kappa shape index (κ1) is 61.2. The van der Waals surface area contributed by atoms with Crippen LogP contribution in [0.5, 0.6) is 0 Å². The molecule has 23 aromatic rings. The number of aromatic nitrogens is 6. The molecule has 0 atom stereocenters. The molecule has 0 unspecified atom stereocenters. The lowest BCUT2D eigenvalue weighted by Gasteiger charge is -2.13. The number of furan rings is 3. The van der Waals surface area contributed by atoms with Crippen molar-refractivity contribution < 1.29 is 13.3 Å². The van der Waals surface area contributed by atoms with E-state index in [1.54, 1.807) is 0 Å². The van der Waals surface area contributed by atoms with Crippen LogP contribution in [-0.2, 0) is 0 Å². The van der Waals surface area contributed by atoms with Gasteiger partial charge in [0.05, 0.1) is 33.6 Å². The molecule has 0 aliphatic heterocycles. The smallest absolute Gasteiger partial charge is 0.161 e. The van der Waals surface area contributed by atoms with Gasteiger partial charge in [-0.1, -0.05) is 279 Å². The van der Waals surface area contributed by atoms with Gasteiger partial charge >= 0.3 is 0 Å². The Balaban J connectivity index is 0.000000103. The summed E-state index contributed by atoms with van der Waals surface area (Å²) in [5.41, 5.74) is 17.3. The SMILES string of the molecule is c1ccc(-c2nc(-c3cccc4cc5oc6ccccc6c5cc34)nc3c2ccc2ccccc23)cc1.c1ccc(-c2nc(-c3cccc4cc5oc6ccccc6c5cc34)nc3ccc4ccccc4c23)cc1.c1ccc(-c2nc(-c3cccc4cc5oc6ccccc6c5cc34)nc3ccccc23)cc1. The number of rotatable bonds is 6. The molecule has 0 saturated heterocycles. The maximum absolute atomic E-state index is 6.16. The molecule has 0 bridgehead atoms. The Morgan fingerprint density at radius 1 is 0.178 bits per heavy atom. The van der Waals surface area contributed by atoms with Crippen molar-refractivity contribution in [3.8, 4) is 67.9 Å². The Morgan fingerprint density at radius 3 is 1.03 bits per heavy atom. The first-order valence-electron chi connectivity index (χ1n) is 35.9. The molecule has 9 nitrogen and oxygen atoms in total. The molecule has 6 heterocycles. The van der Waals surface area contributed by atoms with E-state index < -0.39 is 0 Å². The molecule has 0 spiro atoms. The van der Waals surface area contributed by atoms with E-state index >= 15 is 0 Å². The van der Waals surface area contributed by atoms with Crippen molar-refractivity contribution in [1.29, 1.82) is 0 Å². The van der Waals surface area contributed by atoms with Crippen LogP contribution in [0, 0.1) is 0 Å². The quantitative estimate of drug-likeness (QED) is 0.150. The van der Waals surface area contributed by atoms with Gasteiger partial charge in [0.25, 0.3) is 0 Å². The van der Waals surface area contributed by atoms with Gasteiger partial charge in [-0.3, -0.25) is 0 Å². The largest absolute Gasteiger partial charge is 0.456 e. The predicted molar refractivity (Wildman–Crippen MR) is 441 cm³/mol. The molecule has 0 fully saturated rings. The minimum absolute atomic E-state index is 0.722. The summed E-state index contributed by atoms with van der Waals surface area (Å²) in [6, 6.07) is 121. The molecular formula is C98H58N6O3. The van der Waals surface area contributed by atoms with Crippen molar-refractivity contribution in [2.75, 3.05) is 0 Å². The number of benzene rings is 17. The van der Waals surface area contributed by atoms with Gasteiger partial charge in [-0.05, 0) is 121 Å². The van der Waals surface area contributed by atoms with E-state index in [0.29, 0.717) is 0 Å². The second-order valence-corrected chi connectivity index (χ2v) is 27.1. The fourth-order valence-corrected chi connectivity index (χ4v) is 15.7. The highest BCUT2D eigenvalue weighted by Crippen LogP contribution is 2.43. The molecule has 0 amide bonds. The Labute approximate surface area is 611 Å². The van der Waals surface area contributed by atoms with Gasteiger partial charge in [-0.2, -0.15) is 0 Å². The lowest BCUT2D eigenvalue weighted by molar-refractivity contribution is 0.669. The molecule has 107 heavy (non-hydrogen) atoms. The maximum Gasteiger partial charge on any atom is 0.161 e. The van der Waals surface area contributed by atoms with Crippen molar-refractivity contribution in [2.24, 2.45) is 0 Å². The summed E-state index contributed by atoms with van der Waals surface area (Å²) in [7, 11) is 0. The van der Waals surface area contributed by atoms with Gasteiger partial charge < -0.3 is 13.3 Å². The zero-order chi connectivity index (χ0) is 70.5. The Morgan fingerprint density at radius 2 is 0.533 bits per heavy atom. The third kappa shape index (κ3) is 10.5. The summed E-state index contributed by atoms with van der Waals surface area (Å²) in [6.45, 7) is 0. The van der Waals surface area contributed by atoms with Gasteiger partial charge in [0.1, 0.15) is 33.5 Å². The zero-order valence-corrected chi connectivity index (χ0v) is 57.4. The first-order chi connectivity index (χ1) is 53.0. The third-order valence-corrected chi connectivity index (χ3v) is 20.8. The normalized spacial score (nSPS) is 11.7. The highest BCUT2D eigenvalue weighted by Gasteiger charge is 2.22. The number of fused-ring (bicyclic) bond motifs is 19. The summed E-state index contributed by atoms with van der Waals surface area (Å²) >= 11 is 0. The van der Waals surface area contributed by atoms with E-state index in [9.17, 15) is 0 Å². The van der Waals surface area contributed by atoms with Gasteiger partial charge in [0.2, 0.25) is 0 Å². The van der Waals surface area contributed by atoms with Crippen LogP contribution in [0.1, 0.15) is 0 Å². The van der Waals surface area contributed by atoms with Crippen LogP contribution < -0.4 is 0 Å². The second-order valence-electron chi connectivity index (χ2n) is 27.1. The van der Waals surface area contributed by atoms with Crippen molar-refractivity contribution in [3.05, 3.63) is 352 Å². The second kappa shape index (κ2) is 25.2. The summed E-state index contributed by atoms with van der Waals surface area (Å²) in [4.78, 5) is 30.8. The summed E-state index contributed by atoms with van der Waals surface area (Å²) in [5, 5.41) is 21.1. The van der Waals surface area contributed by atoms with E-state index in [1.807, 2.05) is 84.9 Å². The van der Waals surface area contributed by atoms with E-state index in [-0.39, 0.29) is 0 Å². The average molecular weight is 1370 g/mol. The minimum Gasteiger partial charge on any atom is -0.456 e. The standard InChI is InChI=1S/2C34H20N2O.C30H18N2O/c1-2-10-22(11-3-1)33-32-24-13-5-4-9-21(24)17-18-29(32)35-34(36-33)26-15-8-12-23-19-31-28(20-27(23)26)25-14-6-7-16-30(25)37-31;1-2-10-22(11-3-1)32-27-18-17-21-9-4-5-13-24(21)33(27)36-34(35-32)26-15-8-12-23-19-31-29(20-28(23)26)25-14-6-7-16-30(25)37-31;1-2-9-19(10-3-1)29-23-13-4-6-15-26(23)31-30(32-29)22-14-8-11-20-17-28-25(18-24(20)22)21-12-5-7-16-27(21)33-28/h2*1-20H;1-18H. The highest BCUT2D eigenvalue weighted by atomic mass is 16.3. The van der Waals surface area contributed by atoms with Gasteiger partial charge in [0.15, 0.2) is 17.5 Å². The van der Waals surface area contributed by atoms with Crippen LogP contribution >= 0.6 is 0 Å². The fraction of sp³-hybridized carbons (Fsp3) is 0. The van der Waals surface area contributed by atoms with Gasteiger partial charge in [0, 0.05) is 87.2 Å². The molecule has 0 saturated carbocycles. The molecular weight excluding hydrogens is 1310 g/mol. The first-order valence-corrected chi connectivity index (χ1v) is 35.9. The van der Waals surface area contributed by atoms with E-state index in [1.165, 1.54) is 10.8 Å². The van der Waals surface area contributed by atoms with Gasteiger partial charge in [-0.25, -0.2) is 29.9 Å². The van der Waals surface area contributed by atoms with Crippen molar-refractivity contribution in [1.82, 2.24) is 29.9 Å². The van der Waals surface area contributed by atoms with Crippen LogP contribution in [0.2, 0.25) is 0 Å². The number of hydrogen-bond acceptors (Lipinski definition) is 9. The van der Waals surface area contributed by atoms with Gasteiger partial charge in [-0.15, -0.1) is 0 Å². The topological polar surface area (TPSA) is 117 Å². The maximum atomic E-state index is 6.16. The molecule has 0 aliphatic carbocycles. The van der Waals surface area contributed by atoms with E-state index in [2.05, 4.69) is 267 Å². The lowest BCUT2D eigenvalue weighted by atomic mass is 9.98. The molecule has 498 valence electrons. The Hall–Kier alpha value is -14.5. The molecule has 9 heteroatoms. The summed E-state index contributed by atoms with van der Waals surface area (Å²) < 4.78 is 18.4. The van der Waals surface area contributed by atoms with Crippen molar-refractivity contribution >= 4 is 152 Å². The van der Waals surface area contributed by atoms with E-state index in [0.717, 1.165) is 210 Å². The third-order valence-electron chi connectivity index (χ3n) is 20.8. The van der Waals surface area contributed by atoms with Crippen LogP contribution in [0.3, 0.4) is 0 Å². The highest BCUT2D eigenvalue weighted by molar-refractivity contribution is 6.18. The molecule has 17 aromatic carbocycles. The summed E-state index contributed by atoms with van der Waals surface area (Å²) in [6.07, 6.45) is 0. The number of nitrogens with zero attached hydrogens (tertiary/aromatic N) is 6. The average Bonchev–Trinajstić information content (AvgIpc) is 1.75. The fourth-order valence-electron chi connectivity index (χ4n) is 15.7. The van der Waals surface area contributed by atoms with Crippen LogP contribution in [-0.4, -0.2) is 29.9 Å². The molecule has 23 rings (SSSR count). The van der Waals surface area contributed by atoms with Crippen LogP contribution in [0.25, 0.3) is 220 Å². The summed E-state index contributed by atoms with van der Waals surface area (Å²) in [5.74, 6) is 2.17. The molecule has 0 N–H and O–H groups in total. The van der Waals surface area contributed by atoms with Crippen LogP contribution in [0.4, 0.5) is 0 Å². The van der Waals surface area contributed by atoms with Crippen molar-refractivity contribution in [2.45, 2.75) is 0 Å². The predicted octanol–water partition coefficient (Wildman–Crippen LogP) is 26.4. The number of para-hydroxylation sites is 4.